The first-order valence-corrected chi connectivity index (χ1v) is 9.38. The fraction of sp³-hybridized carbons (Fsp3) is 0.200. The highest BCUT2D eigenvalue weighted by Gasteiger charge is 2.23. The molecule has 0 saturated heterocycles. The fourth-order valence-corrected chi connectivity index (χ4v) is 3.64. The van der Waals surface area contributed by atoms with Crippen molar-refractivity contribution in [1.29, 1.82) is 0 Å². The highest BCUT2D eigenvalue weighted by molar-refractivity contribution is 9.10. The summed E-state index contributed by atoms with van der Waals surface area (Å²) in [5.74, 6) is 0.754. The van der Waals surface area contributed by atoms with Crippen LogP contribution in [0.15, 0.2) is 34.8 Å². The summed E-state index contributed by atoms with van der Waals surface area (Å²) in [6, 6.07) is 7.86. The van der Waals surface area contributed by atoms with Gasteiger partial charge < -0.3 is 9.26 Å². The van der Waals surface area contributed by atoms with Gasteiger partial charge in [-0.25, -0.2) is 0 Å². The molecule has 1 atom stereocenters. The lowest BCUT2D eigenvalue weighted by Gasteiger charge is -2.13. The largest absolute Gasteiger partial charge is 0.455 e. The molecule has 0 N–H and O–H groups in total. The van der Waals surface area contributed by atoms with Gasteiger partial charge in [0.1, 0.15) is 16.8 Å². The van der Waals surface area contributed by atoms with E-state index in [4.69, 9.17) is 20.9 Å². The van der Waals surface area contributed by atoms with Gasteiger partial charge in [-0.1, -0.05) is 34.5 Å². The minimum Gasteiger partial charge on any atom is -0.455 e. The summed E-state index contributed by atoms with van der Waals surface area (Å²) in [4.78, 5) is 10.7. The zero-order valence-electron chi connectivity index (χ0n) is 12.8. The smallest absolute Gasteiger partial charge is 0.282 e. The summed E-state index contributed by atoms with van der Waals surface area (Å²) >= 11 is 9.45. The standard InChI is InChI=1S/C15H14BrClNO5P/c1-3-9-6-12(18(19)20)15(24(21)22-2)8-14(9)23-13-5-4-10(16)7-11(13)17/h4-8,24H,3H2,1-2H3. The van der Waals surface area contributed by atoms with Gasteiger partial charge in [0.2, 0.25) is 8.03 Å². The summed E-state index contributed by atoms with van der Waals surface area (Å²) < 4.78 is 23.4. The van der Waals surface area contributed by atoms with Crippen LogP contribution < -0.4 is 10.0 Å². The van der Waals surface area contributed by atoms with E-state index in [0.29, 0.717) is 28.5 Å². The van der Waals surface area contributed by atoms with Crippen LogP contribution in [0.2, 0.25) is 5.02 Å². The van der Waals surface area contributed by atoms with Crippen LogP contribution >= 0.6 is 35.6 Å². The zero-order valence-corrected chi connectivity index (χ0v) is 16.2. The Hall–Kier alpha value is -1.40. The third-order valence-corrected chi connectivity index (χ3v) is 5.28. The highest BCUT2D eigenvalue weighted by Crippen LogP contribution is 2.37. The highest BCUT2D eigenvalue weighted by atomic mass is 79.9. The van der Waals surface area contributed by atoms with Gasteiger partial charge in [-0.2, -0.15) is 0 Å². The van der Waals surface area contributed by atoms with Crippen LogP contribution in [0.5, 0.6) is 11.5 Å². The normalized spacial score (nSPS) is 12.0. The van der Waals surface area contributed by atoms with Gasteiger partial charge in [-0.3, -0.25) is 14.7 Å². The maximum Gasteiger partial charge on any atom is 0.282 e. The Balaban J connectivity index is 2.56. The quantitative estimate of drug-likeness (QED) is 0.358. The van der Waals surface area contributed by atoms with E-state index in [-0.39, 0.29) is 11.0 Å². The summed E-state index contributed by atoms with van der Waals surface area (Å²) in [6.45, 7) is 1.84. The molecule has 128 valence electrons. The maximum atomic E-state index is 12.0. The molecule has 0 aromatic heterocycles. The Labute approximate surface area is 152 Å². The molecule has 1 unspecified atom stereocenters. The molecular weight excluding hydrogens is 420 g/mol. The van der Waals surface area contributed by atoms with Crippen LogP contribution in [-0.2, 0) is 15.5 Å². The lowest BCUT2D eigenvalue weighted by Crippen LogP contribution is -2.08. The van der Waals surface area contributed by atoms with E-state index in [1.54, 1.807) is 18.2 Å². The molecule has 9 heteroatoms. The molecule has 0 heterocycles. The van der Waals surface area contributed by atoms with Crippen molar-refractivity contribution >= 4 is 46.6 Å². The molecule has 6 nitrogen and oxygen atoms in total. The van der Waals surface area contributed by atoms with Crippen molar-refractivity contribution in [2.24, 2.45) is 0 Å². The van der Waals surface area contributed by atoms with Crippen molar-refractivity contribution < 1.29 is 18.7 Å². The molecule has 24 heavy (non-hydrogen) atoms. The number of hydrogen-bond donors (Lipinski definition) is 0. The Kier molecular flexibility index (Phi) is 6.40. The van der Waals surface area contributed by atoms with E-state index in [9.17, 15) is 14.7 Å². The molecular formula is C15H14BrClNO5P. The van der Waals surface area contributed by atoms with Crippen molar-refractivity contribution in [3.8, 4) is 11.5 Å². The first-order chi connectivity index (χ1) is 11.4. The van der Waals surface area contributed by atoms with Gasteiger partial charge in [-0.05, 0) is 24.6 Å². The molecule has 0 aliphatic rings. The first-order valence-electron chi connectivity index (χ1n) is 6.89. The minimum atomic E-state index is -2.75. The van der Waals surface area contributed by atoms with Gasteiger partial charge in [0.05, 0.1) is 9.95 Å². The third kappa shape index (κ3) is 4.16. The van der Waals surface area contributed by atoms with Crippen molar-refractivity contribution in [3.05, 3.63) is 55.5 Å². The van der Waals surface area contributed by atoms with Gasteiger partial charge in [-0.15, -0.1) is 0 Å². The molecule has 0 aliphatic carbocycles. The average molecular weight is 435 g/mol. The van der Waals surface area contributed by atoms with E-state index in [1.165, 1.54) is 19.2 Å². The predicted molar refractivity (Wildman–Crippen MR) is 97.3 cm³/mol. The average Bonchev–Trinajstić information content (AvgIpc) is 2.55. The monoisotopic (exact) mass is 433 g/mol. The Morgan fingerprint density at radius 1 is 1.29 bits per heavy atom. The van der Waals surface area contributed by atoms with Gasteiger partial charge >= 0.3 is 0 Å². The van der Waals surface area contributed by atoms with Crippen molar-refractivity contribution in [2.75, 3.05) is 7.11 Å². The van der Waals surface area contributed by atoms with Crippen LogP contribution in [0.25, 0.3) is 0 Å². The molecule has 2 aromatic rings. The van der Waals surface area contributed by atoms with Gasteiger partial charge in [0, 0.05) is 29.3 Å². The number of nitro benzene ring substituents is 1. The molecule has 2 aromatic carbocycles. The van der Waals surface area contributed by atoms with Crippen LogP contribution in [0, 0.1) is 10.1 Å². The molecule has 0 radical (unpaired) electrons. The lowest BCUT2D eigenvalue weighted by molar-refractivity contribution is -0.383. The van der Waals surface area contributed by atoms with E-state index in [2.05, 4.69) is 15.9 Å². The number of ether oxygens (including phenoxy) is 1. The Morgan fingerprint density at radius 3 is 2.54 bits per heavy atom. The van der Waals surface area contributed by atoms with Gasteiger partial charge in [0.15, 0.2) is 0 Å². The van der Waals surface area contributed by atoms with E-state index < -0.39 is 13.0 Å². The molecule has 0 saturated carbocycles. The molecule has 0 bridgehead atoms. The van der Waals surface area contributed by atoms with E-state index >= 15 is 0 Å². The van der Waals surface area contributed by atoms with Crippen molar-refractivity contribution in [3.63, 3.8) is 0 Å². The summed E-state index contributed by atoms with van der Waals surface area (Å²) in [5, 5.41) is 11.6. The number of hydrogen-bond acceptors (Lipinski definition) is 5. The number of nitro groups is 1. The maximum absolute atomic E-state index is 12.0. The SMILES string of the molecule is CCc1cc([N+](=O)[O-])c([PH](=O)OC)cc1Oc1ccc(Br)cc1Cl. The topological polar surface area (TPSA) is 78.7 Å². The second-order valence-corrected chi connectivity index (χ2v) is 7.60. The molecule has 0 aliphatic heterocycles. The number of nitrogens with zero attached hydrogens (tertiary/aromatic N) is 1. The minimum absolute atomic E-state index is 0.00735. The Morgan fingerprint density at radius 2 is 2.00 bits per heavy atom. The summed E-state index contributed by atoms with van der Waals surface area (Å²) in [7, 11) is -1.51. The lowest BCUT2D eigenvalue weighted by atomic mass is 10.1. The van der Waals surface area contributed by atoms with Crippen LogP contribution in [0.1, 0.15) is 12.5 Å². The van der Waals surface area contributed by atoms with Crippen molar-refractivity contribution in [1.82, 2.24) is 0 Å². The molecule has 0 spiro atoms. The Bertz CT molecular complexity index is 815. The van der Waals surface area contributed by atoms with Gasteiger partial charge in [0.25, 0.3) is 5.69 Å². The first kappa shape index (κ1) is 18.9. The number of halogens is 2. The zero-order chi connectivity index (χ0) is 17.9. The van der Waals surface area contributed by atoms with Crippen LogP contribution in [-0.4, -0.2) is 12.0 Å². The number of rotatable bonds is 6. The van der Waals surface area contributed by atoms with E-state index in [0.717, 1.165) is 4.47 Å². The number of benzene rings is 2. The fourth-order valence-electron chi connectivity index (χ4n) is 2.08. The second kappa shape index (κ2) is 8.12. The summed E-state index contributed by atoms with van der Waals surface area (Å²) in [6.07, 6.45) is 0.499. The number of aryl methyl sites for hydroxylation is 1. The molecule has 0 fully saturated rings. The second-order valence-electron chi connectivity index (χ2n) is 4.76. The molecule has 2 rings (SSSR count). The van der Waals surface area contributed by atoms with Crippen LogP contribution in [0.3, 0.4) is 0 Å². The van der Waals surface area contributed by atoms with Crippen LogP contribution in [0.4, 0.5) is 5.69 Å². The summed E-state index contributed by atoms with van der Waals surface area (Å²) in [5.41, 5.74) is 0.363. The van der Waals surface area contributed by atoms with E-state index in [1.807, 2.05) is 6.92 Å². The van der Waals surface area contributed by atoms with Crippen molar-refractivity contribution in [2.45, 2.75) is 13.3 Å². The molecule has 0 amide bonds. The third-order valence-electron chi connectivity index (χ3n) is 3.28. The predicted octanol–water partition coefficient (Wildman–Crippen LogP) is 5.11.